The molecule has 1 aliphatic carbocycles. The minimum Gasteiger partial charge on any atom is -0.456 e. The second kappa shape index (κ2) is 8.34. The summed E-state index contributed by atoms with van der Waals surface area (Å²) in [5.74, 6) is -4.75. The Morgan fingerprint density at radius 2 is 1.76 bits per heavy atom. The van der Waals surface area contributed by atoms with E-state index < -0.39 is 54.4 Å². The molecule has 1 saturated heterocycles. The number of carbonyl (C=O) groups is 5. The molecule has 1 aromatic carbocycles. The van der Waals surface area contributed by atoms with Crippen molar-refractivity contribution in [3.63, 3.8) is 0 Å². The van der Waals surface area contributed by atoms with Crippen molar-refractivity contribution >= 4 is 35.2 Å². The lowest BCUT2D eigenvalue weighted by molar-refractivity contribution is -0.152. The standard InChI is InChI=1S/C20H19FN2O6/c1-11(24)22-12-6-7-15(16(21)8-12)17(25)10-29-18(26)9-23-19(27)13-4-2-3-5-14(13)20(23)28/h2-3,6-8,13-14H,4-5,9-10H2,1H3,(H,22,24)/t13-,14-/m0/s1. The molecule has 0 spiro atoms. The number of carbonyl (C=O) groups excluding carboxylic acids is 5. The second-order valence-electron chi connectivity index (χ2n) is 6.88. The predicted molar refractivity (Wildman–Crippen MR) is 98.1 cm³/mol. The van der Waals surface area contributed by atoms with E-state index in [1.165, 1.54) is 19.1 Å². The van der Waals surface area contributed by atoms with E-state index in [1.807, 2.05) is 12.2 Å². The molecule has 8 nitrogen and oxygen atoms in total. The van der Waals surface area contributed by atoms with E-state index in [0.29, 0.717) is 12.8 Å². The molecule has 2 aliphatic rings. The lowest BCUT2D eigenvalue weighted by atomic mass is 9.85. The van der Waals surface area contributed by atoms with E-state index in [9.17, 15) is 28.4 Å². The number of hydrogen-bond acceptors (Lipinski definition) is 6. The average molecular weight is 402 g/mol. The number of ketones is 1. The molecule has 0 radical (unpaired) electrons. The van der Waals surface area contributed by atoms with Crippen LogP contribution >= 0.6 is 0 Å². The maximum absolute atomic E-state index is 14.1. The van der Waals surface area contributed by atoms with Gasteiger partial charge in [-0.05, 0) is 31.0 Å². The Morgan fingerprint density at radius 3 is 2.31 bits per heavy atom. The fourth-order valence-corrected chi connectivity index (χ4v) is 3.45. The Labute approximate surface area is 165 Å². The molecule has 1 aliphatic heterocycles. The maximum atomic E-state index is 14.1. The van der Waals surface area contributed by atoms with Gasteiger partial charge in [0.1, 0.15) is 12.4 Å². The number of benzene rings is 1. The van der Waals surface area contributed by atoms with Gasteiger partial charge in [0.05, 0.1) is 17.4 Å². The SMILES string of the molecule is CC(=O)Nc1ccc(C(=O)COC(=O)CN2C(=O)[C@H]3CC=CC[C@@H]3C2=O)c(F)c1. The molecule has 1 fully saturated rings. The first-order chi connectivity index (χ1) is 13.8. The number of imide groups is 1. The number of Topliss-reactive ketones (excluding diaryl/α,β-unsaturated/α-hetero) is 1. The molecular formula is C20H19FN2O6. The van der Waals surface area contributed by atoms with Crippen LogP contribution < -0.4 is 5.32 Å². The van der Waals surface area contributed by atoms with Crippen molar-refractivity contribution in [1.29, 1.82) is 0 Å². The Bertz CT molecular complexity index is 900. The van der Waals surface area contributed by atoms with Gasteiger partial charge in [-0.15, -0.1) is 0 Å². The molecular weight excluding hydrogens is 383 g/mol. The number of ether oxygens (including phenoxy) is 1. The van der Waals surface area contributed by atoms with E-state index >= 15 is 0 Å². The number of likely N-dealkylation sites (tertiary alicyclic amines) is 1. The third-order valence-electron chi connectivity index (χ3n) is 4.84. The van der Waals surface area contributed by atoms with Crippen LogP contribution in [-0.2, 0) is 23.9 Å². The van der Waals surface area contributed by atoms with Crippen LogP contribution in [0.4, 0.5) is 10.1 Å². The highest BCUT2D eigenvalue weighted by atomic mass is 19.1. The normalized spacial score (nSPS) is 20.4. The summed E-state index contributed by atoms with van der Waals surface area (Å²) in [5.41, 5.74) is -0.122. The molecule has 0 bridgehead atoms. The third-order valence-corrected chi connectivity index (χ3v) is 4.84. The summed E-state index contributed by atoms with van der Waals surface area (Å²) in [6.45, 7) is -0.0561. The van der Waals surface area contributed by atoms with E-state index in [0.717, 1.165) is 11.0 Å². The van der Waals surface area contributed by atoms with Crippen molar-refractivity contribution in [3.05, 3.63) is 41.7 Å². The average Bonchev–Trinajstić information content (AvgIpc) is 2.91. The van der Waals surface area contributed by atoms with Gasteiger partial charge in [0, 0.05) is 12.6 Å². The molecule has 29 heavy (non-hydrogen) atoms. The number of hydrogen-bond donors (Lipinski definition) is 1. The number of nitrogens with one attached hydrogen (secondary N) is 1. The molecule has 0 aromatic heterocycles. The zero-order chi connectivity index (χ0) is 21.1. The Hall–Kier alpha value is -3.36. The van der Waals surface area contributed by atoms with Crippen LogP contribution in [0.5, 0.6) is 0 Å². The highest BCUT2D eigenvalue weighted by Crippen LogP contribution is 2.34. The minimum atomic E-state index is -0.929. The topological polar surface area (TPSA) is 110 Å². The van der Waals surface area contributed by atoms with Gasteiger partial charge >= 0.3 is 5.97 Å². The molecule has 2 atom stereocenters. The summed E-state index contributed by atoms with van der Waals surface area (Å²) in [4.78, 5) is 60.6. The molecule has 152 valence electrons. The smallest absolute Gasteiger partial charge is 0.326 e. The predicted octanol–water partition coefficient (Wildman–Crippen LogP) is 1.46. The summed E-state index contributed by atoms with van der Waals surface area (Å²) >= 11 is 0. The van der Waals surface area contributed by atoms with Crippen molar-refractivity contribution in [1.82, 2.24) is 4.90 Å². The summed E-state index contributed by atoms with van der Waals surface area (Å²) in [6, 6.07) is 3.49. The summed E-state index contributed by atoms with van der Waals surface area (Å²) in [5, 5.41) is 2.38. The monoisotopic (exact) mass is 402 g/mol. The molecule has 1 N–H and O–H groups in total. The van der Waals surface area contributed by atoms with Crippen LogP contribution in [0, 0.1) is 17.7 Å². The molecule has 0 unspecified atom stereocenters. The molecule has 3 rings (SSSR count). The van der Waals surface area contributed by atoms with Gasteiger partial charge in [0.15, 0.2) is 6.61 Å². The lowest BCUT2D eigenvalue weighted by Crippen LogP contribution is -2.37. The van der Waals surface area contributed by atoms with Crippen LogP contribution in [0.25, 0.3) is 0 Å². The Kier molecular flexibility index (Phi) is 5.86. The fraction of sp³-hybridized carbons (Fsp3) is 0.350. The van der Waals surface area contributed by atoms with Crippen LogP contribution in [0.3, 0.4) is 0 Å². The van der Waals surface area contributed by atoms with Crippen molar-refractivity contribution < 1.29 is 33.1 Å². The van der Waals surface area contributed by atoms with Gasteiger partial charge < -0.3 is 10.1 Å². The van der Waals surface area contributed by atoms with Crippen LogP contribution in [-0.4, -0.2) is 47.5 Å². The highest BCUT2D eigenvalue weighted by Gasteiger charge is 2.47. The van der Waals surface area contributed by atoms with Crippen molar-refractivity contribution in [2.24, 2.45) is 11.8 Å². The van der Waals surface area contributed by atoms with Crippen LogP contribution in [0.1, 0.15) is 30.1 Å². The highest BCUT2D eigenvalue weighted by molar-refractivity contribution is 6.07. The fourth-order valence-electron chi connectivity index (χ4n) is 3.45. The lowest BCUT2D eigenvalue weighted by Gasteiger charge is -2.14. The van der Waals surface area contributed by atoms with E-state index in [4.69, 9.17) is 4.74 Å². The van der Waals surface area contributed by atoms with E-state index in [1.54, 1.807) is 0 Å². The van der Waals surface area contributed by atoms with Crippen molar-refractivity contribution in [3.8, 4) is 0 Å². The summed E-state index contributed by atoms with van der Waals surface area (Å²) in [7, 11) is 0. The van der Waals surface area contributed by atoms with Gasteiger partial charge in [0.2, 0.25) is 23.5 Å². The van der Waals surface area contributed by atoms with Gasteiger partial charge in [-0.2, -0.15) is 0 Å². The first-order valence-electron chi connectivity index (χ1n) is 9.04. The second-order valence-corrected chi connectivity index (χ2v) is 6.88. The van der Waals surface area contributed by atoms with Gasteiger partial charge in [-0.3, -0.25) is 28.9 Å². The number of esters is 1. The largest absolute Gasteiger partial charge is 0.456 e. The molecule has 1 heterocycles. The zero-order valence-corrected chi connectivity index (χ0v) is 15.6. The molecule has 3 amide bonds. The van der Waals surface area contributed by atoms with Gasteiger partial charge in [-0.25, -0.2) is 4.39 Å². The zero-order valence-electron chi connectivity index (χ0n) is 15.6. The molecule has 9 heteroatoms. The first kappa shape index (κ1) is 20.4. The Balaban J connectivity index is 1.55. The summed E-state index contributed by atoms with van der Waals surface area (Å²) < 4.78 is 18.9. The molecule has 0 saturated carbocycles. The minimum absolute atomic E-state index is 0.186. The number of amides is 3. The number of nitrogens with zero attached hydrogens (tertiary/aromatic N) is 1. The number of fused-ring (bicyclic) bond motifs is 1. The Morgan fingerprint density at radius 1 is 1.14 bits per heavy atom. The van der Waals surface area contributed by atoms with Gasteiger partial charge in [-0.1, -0.05) is 12.2 Å². The number of anilines is 1. The number of rotatable bonds is 6. The number of halogens is 1. The van der Waals surface area contributed by atoms with Crippen molar-refractivity contribution in [2.45, 2.75) is 19.8 Å². The quantitative estimate of drug-likeness (QED) is 0.334. The van der Waals surface area contributed by atoms with Crippen LogP contribution in [0.15, 0.2) is 30.4 Å². The summed E-state index contributed by atoms with van der Waals surface area (Å²) in [6.07, 6.45) is 4.57. The third kappa shape index (κ3) is 4.39. The van der Waals surface area contributed by atoms with E-state index in [-0.39, 0.29) is 17.2 Å². The van der Waals surface area contributed by atoms with Crippen LogP contribution in [0.2, 0.25) is 0 Å². The number of allylic oxidation sites excluding steroid dienone is 2. The molecule has 1 aromatic rings. The van der Waals surface area contributed by atoms with Gasteiger partial charge in [0.25, 0.3) is 0 Å². The van der Waals surface area contributed by atoms with E-state index in [2.05, 4.69) is 5.32 Å². The van der Waals surface area contributed by atoms with Crippen molar-refractivity contribution in [2.75, 3.05) is 18.5 Å². The maximum Gasteiger partial charge on any atom is 0.326 e. The first-order valence-corrected chi connectivity index (χ1v) is 9.04.